The van der Waals surface area contributed by atoms with Crippen LogP contribution < -0.4 is 15.4 Å². The van der Waals surface area contributed by atoms with Crippen molar-refractivity contribution in [1.29, 1.82) is 5.41 Å². The predicted molar refractivity (Wildman–Crippen MR) is 80.4 cm³/mol. The molecule has 104 valence electrons. The molecule has 1 aromatic rings. The van der Waals surface area contributed by atoms with Crippen molar-refractivity contribution in [1.82, 2.24) is 0 Å². The number of anilines is 2. The highest BCUT2D eigenvalue weighted by molar-refractivity contribution is 6.21. The number of allylic oxidation sites excluding steroid dienone is 3. The van der Waals surface area contributed by atoms with Gasteiger partial charge in [0.2, 0.25) is 5.78 Å². The summed E-state index contributed by atoms with van der Waals surface area (Å²) in [7, 11) is 3.31. The highest BCUT2D eigenvalue weighted by Gasteiger charge is 2.21. The van der Waals surface area contributed by atoms with Gasteiger partial charge in [0.05, 0.1) is 24.2 Å². The molecule has 0 radical (unpaired) electrons. The van der Waals surface area contributed by atoms with Gasteiger partial charge < -0.3 is 20.8 Å². The minimum atomic E-state index is -0.125. The Kier molecular flexibility index (Phi) is 3.61. The Bertz CT molecular complexity index is 645. The van der Waals surface area contributed by atoms with Crippen LogP contribution in [0.3, 0.4) is 0 Å². The normalized spacial score (nSPS) is 14.8. The second-order valence-electron chi connectivity index (χ2n) is 4.63. The van der Waals surface area contributed by atoms with Crippen molar-refractivity contribution in [3.8, 4) is 5.75 Å². The average Bonchev–Trinajstić information content (AvgIpc) is 2.42. The summed E-state index contributed by atoms with van der Waals surface area (Å²) >= 11 is 0. The number of rotatable bonds is 3. The lowest BCUT2D eigenvalue weighted by molar-refractivity contribution is -0.111. The molecule has 5 nitrogen and oxygen atoms in total. The van der Waals surface area contributed by atoms with Gasteiger partial charge in [0.15, 0.2) is 0 Å². The Morgan fingerprint density at radius 1 is 1.30 bits per heavy atom. The maximum atomic E-state index is 12.1. The van der Waals surface area contributed by atoms with E-state index in [-0.39, 0.29) is 5.78 Å². The lowest BCUT2D eigenvalue weighted by Gasteiger charge is -2.25. The van der Waals surface area contributed by atoms with Crippen LogP contribution in [-0.4, -0.2) is 25.7 Å². The van der Waals surface area contributed by atoms with Crippen molar-refractivity contribution in [2.75, 3.05) is 24.8 Å². The molecule has 0 unspecified atom stereocenters. The van der Waals surface area contributed by atoms with Gasteiger partial charge in [-0.3, -0.25) is 4.79 Å². The van der Waals surface area contributed by atoms with E-state index in [0.717, 1.165) is 5.69 Å². The fourth-order valence-electron chi connectivity index (χ4n) is 2.03. The molecule has 0 spiro atoms. The quantitative estimate of drug-likeness (QED) is 0.652. The van der Waals surface area contributed by atoms with Crippen LogP contribution in [0.4, 0.5) is 11.4 Å². The van der Waals surface area contributed by atoms with E-state index in [1.54, 1.807) is 50.3 Å². The molecule has 0 atom stereocenters. The van der Waals surface area contributed by atoms with Crippen molar-refractivity contribution in [3.05, 3.63) is 41.6 Å². The van der Waals surface area contributed by atoms with Crippen LogP contribution in [0, 0.1) is 5.41 Å². The summed E-state index contributed by atoms with van der Waals surface area (Å²) in [6.45, 7) is 1.75. The number of nitrogen functional groups attached to an aromatic ring is 1. The zero-order valence-electron chi connectivity index (χ0n) is 11.7. The molecule has 0 aromatic heterocycles. The fraction of sp³-hybridized carbons (Fsp3) is 0.200. The number of carbonyl (C=O) groups is 1. The summed E-state index contributed by atoms with van der Waals surface area (Å²) in [6.07, 6.45) is 3.03. The van der Waals surface area contributed by atoms with Gasteiger partial charge in [0, 0.05) is 18.8 Å². The van der Waals surface area contributed by atoms with Crippen molar-refractivity contribution in [2.45, 2.75) is 6.92 Å². The van der Waals surface area contributed by atoms with E-state index in [9.17, 15) is 4.79 Å². The molecule has 0 saturated heterocycles. The van der Waals surface area contributed by atoms with E-state index in [0.29, 0.717) is 28.4 Å². The zero-order valence-corrected chi connectivity index (χ0v) is 11.7. The first kappa shape index (κ1) is 13.9. The van der Waals surface area contributed by atoms with E-state index in [2.05, 4.69) is 0 Å². The number of benzene rings is 1. The first-order valence-electron chi connectivity index (χ1n) is 6.14. The Morgan fingerprint density at radius 2 is 2.00 bits per heavy atom. The molecule has 20 heavy (non-hydrogen) atoms. The number of likely N-dealkylation sites (N-methyl/N-ethyl adjacent to an activating group) is 1. The lowest BCUT2D eigenvalue weighted by atomic mass is 10.0. The molecule has 0 bridgehead atoms. The molecule has 0 amide bonds. The average molecular weight is 271 g/mol. The van der Waals surface area contributed by atoms with Crippen LogP contribution in [0.15, 0.2) is 41.6 Å². The first-order chi connectivity index (χ1) is 9.43. The van der Waals surface area contributed by atoms with Gasteiger partial charge in [-0.1, -0.05) is 0 Å². The van der Waals surface area contributed by atoms with Gasteiger partial charge in [0.25, 0.3) is 0 Å². The third-order valence-electron chi connectivity index (χ3n) is 3.23. The molecule has 0 heterocycles. The SMILES string of the molecule is COc1cc(N)ccc1N(C)C1=CC(=N)C(C)=CC1=O. The third-order valence-corrected chi connectivity index (χ3v) is 3.23. The number of ether oxygens (including phenoxy) is 1. The Hall–Kier alpha value is -2.56. The molecular formula is C15H17N3O2. The number of nitrogens with zero attached hydrogens (tertiary/aromatic N) is 1. The molecule has 1 aromatic carbocycles. The number of nitrogens with two attached hydrogens (primary N) is 1. The van der Waals surface area contributed by atoms with Gasteiger partial charge in [-0.25, -0.2) is 0 Å². The molecule has 0 fully saturated rings. The number of hydrogen-bond donors (Lipinski definition) is 2. The summed E-state index contributed by atoms with van der Waals surface area (Å²) < 4.78 is 5.29. The molecule has 2 rings (SSSR count). The van der Waals surface area contributed by atoms with Gasteiger partial charge in [-0.2, -0.15) is 0 Å². The molecule has 0 aliphatic heterocycles. The molecule has 1 aliphatic rings. The van der Waals surface area contributed by atoms with Crippen molar-refractivity contribution < 1.29 is 9.53 Å². The summed E-state index contributed by atoms with van der Waals surface area (Å²) in [5.41, 5.74) is 8.47. The van der Waals surface area contributed by atoms with Crippen molar-refractivity contribution in [2.24, 2.45) is 0 Å². The maximum Gasteiger partial charge on any atom is 0.202 e. The highest BCUT2D eigenvalue weighted by atomic mass is 16.5. The van der Waals surface area contributed by atoms with Crippen LogP contribution in [0.25, 0.3) is 0 Å². The lowest BCUT2D eigenvalue weighted by Crippen LogP contribution is -2.26. The molecule has 1 aliphatic carbocycles. The first-order valence-corrected chi connectivity index (χ1v) is 6.14. The minimum Gasteiger partial charge on any atom is -0.494 e. The summed E-state index contributed by atoms with van der Waals surface area (Å²) in [6, 6.07) is 5.23. The molecule has 3 N–H and O–H groups in total. The summed E-state index contributed by atoms with van der Waals surface area (Å²) in [5.74, 6) is 0.457. The Morgan fingerprint density at radius 3 is 2.65 bits per heavy atom. The monoisotopic (exact) mass is 271 g/mol. The van der Waals surface area contributed by atoms with Crippen LogP contribution >= 0.6 is 0 Å². The van der Waals surface area contributed by atoms with Crippen LogP contribution in [0.5, 0.6) is 5.75 Å². The fourth-order valence-corrected chi connectivity index (χ4v) is 2.03. The van der Waals surface area contributed by atoms with E-state index >= 15 is 0 Å². The number of hydrogen-bond acceptors (Lipinski definition) is 5. The van der Waals surface area contributed by atoms with Crippen LogP contribution in [0.2, 0.25) is 0 Å². The number of methoxy groups -OCH3 is 1. The minimum absolute atomic E-state index is 0.125. The second-order valence-corrected chi connectivity index (χ2v) is 4.63. The van der Waals surface area contributed by atoms with E-state index in [4.69, 9.17) is 15.9 Å². The zero-order chi connectivity index (χ0) is 14.9. The second kappa shape index (κ2) is 5.21. The smallest absolute Gasteiger partial charge is 0.202 e. The predicted octanol–water partition coefficient (Wildman–Crippen LogP) is 2.15. The van der Waals surface area contributed by atoms with Gasteiger partial charge in [-0.15, -0.1) is 0 Å². The largest absolute Gasteiger partial charge is 0.494 e. The van der Waals surface area contributed by atoms with Crippen LogP contribution in [-0.2, 0) is 4.79 Å². The topological polar surface area (TPSA) is 79.4 Å². The third kappa shape index (κ3) is 2.42. The van der Waals surface area contributed by atoms with Gasteiger partial charge in [-0.05, 0) is 36.8 Å². The molecule has 5 heteroatoms. The Labute approximate surface area is 117 Å². The van der Waals surface area contributed by atoms with Gasteiger partial charge >= 0.3 is 0 Å². The van der Waals surface area contributed by atoms with Gasteiger partial charge in [0.1, 0.15) is 5.75 Å². The molecule has 0 saturated carbocycles. The molecular weight excluding hydrogens is 254 g/mol. The number of carbonyl (C=O) groups excluding carboxylic acids is 1. The highest BCUT2D eigenvalue weighted by Crippen LogP contribution is 2.32. The standard InChI is InChI=1S/C15H17N3O2/c1-9-6-14(19)13(8-11(9)17)18(2)12-5-4-10(16)7-15(12)20-3/h4-8,17H,16H2,1-3H3. The van der Waals surface area contributed by atoms with E-state index < -0.39 is 0 Å². The van der Waals surface area contributed by atoms with Crippen molar-refractivity contribution in [3.63, 3.8) is 0 Å². The van der Waals surface area contributed by atoms with Crippen molar-refractivity contribution >= 4 is 22.9 Å². The summed E-state index contributed by atoms with van der Waals surface area (Å²) in [5, 5.41) is 7.83. The maximum absolute atomic E-state index is 12.1. The number of nitrogens with one attached hydrogen (secondary N) is 1. The number of ketones is 1. The summed E-state index contributed by atoms with van der Waals surface area (Å²) in [4.78, 5) is 13.8. The Balaban J connectivity index is 2.42. The van der Waals surface area contributed by atoms with E-state index in [1.807, 2.05) is 0 Å². The van der Waals surface area contributed by atoms with Crippen LogP contribution in [0.1, 0.15) is 6.92 Å². The van der Waals surface area contributed by atoms with E-state index in [1.165, 1.54) is 6.08 Å².